The molecule has 0 atom stereocenters. The fourth-order valence-electron chi connectivity index (χ4n) is 1.79. The van der Waals surface area contributed by atoms with Gasteiger partial charge in [-0.1, -0.05) is 0 Å². The van der Waals surface area contributed by atoms with Gasteiger partial charge in [0.1, 0.15) is 0 Å². The molecule has 0 N–H and O–H groups in total. The van der Waals surface area contributed by atoms with Crippen molar-refractivity contribution in [1.29, 1.82) is 0 Å². The first-order valence-electron chi connectivity index (χ1n) is 4.87. The van der Waals surface area contributed by atoms with Crippen LogP contribution in [-0.2, 0) is 8.85 Å². The Balaban J connectivity index is 2.87. The van der Waals surface area contributed by atoms with E-state index < -0.39 is 45.2 Å². The first-order valence-corrected chi connectivity index (χ1v) is 6.63. The standard InChI is InChI=1S/C8H11F7O2Si/c1-16-18(17-2)4-3-5(9)6(10,11)8(14,15)7(5,12)13/h18H,3-4H2,1-2H3. The molecular weight excluding hydrogens is 289 g/mol. The fourth-order valence-corrected chi connectivity index (χ4v) is 3.09. The molecule has 0 aromatic carbocycles. The van der Waals surface area contributed by atoms with Crippen LogP contribution in [0.15, 0.2) is 0 Å². The van der Waals surface area contributed by atoms with Crippen molar-refractivity contribution in [3.63, 3.8) is 0 Å². The monoisotopic (exact) mass is 300 g/mol. The van der Waals surface area contributed by atoms with Gasteiger partial charge in [0.25, 0.3) is 0 Å². The molecule has 1 fully saturated rings. The van der Waals surface area contributed by atoms with E-state index in [1.807, 2.05) is 0 Å². The zero-order valence-electron chi connectivity index (χ0n) is 9.45. The Kier molecular flexibility index (Phi) is 3.79. The van der Waals surface area contributed by atoms with Crippen LogP contribution in [0.5, 0.6) is 0 Å². The van der Waals surface area contributed by atoms with Crippen LogP contribution >= 0.6 is 0 Å². The van der Waals surface area contributed by atoms with Crippen molar-refractivity contribution in [3.05, 3.63) is 0 Å². The first kappa shape index (κ1) is 15.7. The summed E-state index contributed by atoms with van der Waals surface area (Å²) in [5.74, 6) is -16.5. The van der Waals surface area contributed by atoms with Crippen molar-refractivity contribution >= 4 is 9.28 Å². The summed E-state index contributed by atoms with van der Waals surface area (Å²) in [6.07, 6.45) is -1.44. The molecule has 0 aliphatic heterocycles. The SMILES string of the molecule is CO[SiH](CCC1(F)C(F)(F)C(F)(F)C1(F)F)OC. The quantitative estimate of drug-likeness (QED) is 0.574. The normalized spacial score (nSPS) is 27.0. The number of halogens is 7. The summed E-state index contributed by atoms with van der Waals surface area (Å²) in [5.41, 5.74) is -4.56. The van der Waals surface area contributed by atoms with E-state index in [-0.39, 0.29) is 0 Å². The molecule has 18 heavy (non-hydrogen) atoms. The van der Waals surface area contributed by atoms with E-state index in [4.69, 9.17) is 0 Å². The highest BCUT2D eigenvalue weighted by Crippen LogP contribution is 2.70. The Hall–Kier alpha value is -0.353. The second-order valence-corrected chi connectivity index (χ2v) is 6.34. The predicted octanol–water partition coefficient (Wildman–Crippen LogP) is 2.52. The van der Waals surface area contributed by atoms with E-state index in [9.17, 15) is 30.7 Å². The maximum Gasteiger partial charge on any atom is 0.379 e. The maximum atomic E-state index is 13.5. The maximum absolute atomic E-state index is 13.5. The largest absolute Gasteiger partial charge is 0.400 e. The summed E-state index contributed by atoms with van der Waals surface area (Å²) in [5, 5.41) is 0. The van der Waals surface area contributed by atoms with Crippen molar-refractivity contribution in [2.24, 2.45) is 0 Å². The summed E-state index contributed by atoms with van der Waals surface area (Å²) >= 11 is 0. The Bertz CT molecular complexity index is 301. The smallest absolute Gasteiger partial charge is 0.379 e. The van der Waals surface area contributed by atoms with Crippen molar-refractivity contribution in [3.8, 4) is 0 Å². The third kappa shape index (κ3) is 1.61. The Morgan fingerprint density at radius 2 is 1.17 bits per heavy atom. The summed E-state index contributed by atoms with van der Waals surface area (Å²) in [6, 6.07) is -0.565. The highest BCUT2D eigenvalue weighted by atomic mass is 28.3. The molecule has 2 nitrogen and oxygen atoms in total. The van der Waals surface area contributed by atoms with Crippen LogP contribution in [0.1, 0.15) is 6.42 Å². The lowest BCUT2D eigenvalue weighted by Gasteiger charge is -2.54. The van der Waals surface area contributed by atoms with Gasteiger partial charge in [-0.3, -0.25) is 0 Å². The second-order valence-electron chi connectivity index (χ2n) is 3.96. The van der Waals surface area contributed by atoms with E-state index in [0.717, 1.165) is 14.2 Å². The highest BCUT2D eigenvalue weighted by Gasteiger charge is 2.99. The van der Waals surface area contributed by atoms with Gasteiger partial charge in [0.15, 0.2) is 0 Å². The average molecular weight is 300 g/mol. The summed E-state index contributed by atoms with van der Waals surface area (Å²) < 4.78 is 99.1. The van der Waals surface area contributed by atoms with E-state index in [0.29, 0.717) is 0 Å². The Morgan fingerprint density at radius 1 is 0.778 bits per heavy atom. The first-order chi connectivity index (χ1) is 7.99. The van der Waals surface area contributed by atoms with Crippen LogP contribution < -0.4 is 0 Å². The van der Waals surface area contributed by atoms with Gasteiger partial charge in [0.2, 0.25) is 5.67 Å². The zero-order chi connectivity index (χ0) is 14.4. The molecule has 1 aliphatic rings. The van der Waals surface area contributed by atoms with E-state index >= 15 is 0 Å². The highest BCUT2D eigenvalue weighted by molar-refractivity contribution is 6.44. The third-order valence-electron chi connectivity index (χ3n) is 3.03. The lowest BCUT2D eigenvalue weighted by molar-refractivity contribution is -0.473. The fraction of sp³-hybridized carbons (Fsp3) is 1.00. The molecule has 108 valence electrons. The Morgan fingerprint density at radius 3 is 1.50 bits per heavy atom. The number of alkyl halides is 7. The topological polar surface area (TPSA) is 18.5 Å². The van der Waals surface area contributed by atoms with Gasteiger partial charge in [0.05, 0.1) is 0 Å². The predicted molar refractivity (Wildman–Crippen MR) is 49.3 cm³/mol. The van der Waals surface area contributed by atoms with Crippen molar-refractivity contribution in [1.82, 2.24) is 0 Å². The van der Waals surface area contributed by atoms with Gasteiger partial charge in [-0.25, -0.2) is 4.39 Å². The zero-order valence-corrected chi connectivity index (χ0v) is 10.6. The molecule has 0 unspecified atom stereocenters. The van der Waals surface area contributed by atoms with Crippen LogP contribution in [-0.4, -0.2) is 46.9 Å². The van der Waals surface area contributed by atoms with Crippen LogP contribution in [0, 0.1) is 0 Å². The van der Waals surface area contributed by atoms with Crippen molar-refractivity contribution in [2.45, 2.75) is 35.9 Å². The van der Waals surface area contributed by atoms with Crippen LogP contribution in [0.4, 0.5) is 30.7 Å². The minimum Gasteiger partial charge on any atom is -0.400 e. The molecule has 0 heterocycles. The third-order valence-corrected chi connectivity index (χ3v) is 4.85. The molecule has 1 aliphatic carbocycles. The molecule has 0 bridgehead atoms. The van der Waals surface area contributed by atoms with Crippen LogP contribution in [0.25, 0.3) is 0 Å². The van der Waals surface area contributed by atoms with Gasteiger partial charge >= 0.3 is 27.1 Å². The molecule has 1 rings (SSSR count). The van der Waals surface area contributed by atoms with E-state index in [2.05, 4.69) is 8.85 Å². The van der Waals surface area contributed by atoms with E-state index in [1.165, 1.54) is 0 Å². The molecule has 0 spiro atoms. The van der Waals surface area contributed by atoms with Gasteiger partial charge < -0.3 is 8.85 Å². The molecule has 0 aromatic heterocycles. The summed E-state index contributed by atoms with van der Waals surface area (Å²) in [4.78, 5) is 0. The summed E-state index contributed by atoms with van der Waals surface area (Å²) in [6.45, 7) is 0. The number of hydrogen-bond donors (Lipinski definition) is 0. The van der Waals surface area contributed by atoms with Gasteiger partial charge in [-0.15, -0.1) is 0 Å². The molecule has 1 saturated carbocycles. The lowest BCUT2D eigenvalue weighted by Crippen LogP contribution is -2.84. The van der Waals surface area contributed by atoms with E-state index in [1.54, 1.807) is 0 Å². The van der Waals surface area contributed by atoms with Gasteiger partial charge in [-0.2, -0.15) is 26.3 Å². The minimum atomic E-state index is -5.67. The van der Waals surface area contributed by atoms with Crippen LogP contribution in [0.3, 0.4) is 0 Å². The molecule has 0 amide bonds. The second kappa shape index (κ2) is 4.34. The van der Waals surface area contributed by atoms with Crippen molar-refractivity contribution < 1.29 is 39.6 Å². The van der Waals surface area contributed by atoms with Crippen molar-refractivity contribution in [2.75, 3.05) is 14.2 Å². The summed E-state index contributed by atoms with van der Waals surface area (Å²) in [7, 11) is -0.311. The van der Waals surface area contributed by atoms with Gasteiger partial charge in [0, 0.05) is 14.2 Å². The lowest BCUT2D eigenvalue weighted by atomic mass is 9.68. The molecule has 10 heteroatoms. The molecule has 0 aromatic rings. The van der Waals surface area contributed by atoms with Crippen LogP contribution in [0.2, 0.25) is 6.04 Å². The molecule has 0 saturated heterocycles. The average Bonchev–Trinajstić information content (AvgIpc) is 2.28. The number of hydrogen-bond acceptors (Lipinski definition) is 2. The minimum absolute atomic E-state index is 0.565. The molecular formula is C8H11F7O2Si. The Labute approximate surface area is 99.9 Å². The molecule has 0 radical (unpaired) electrons. The van der Waals surface area contributed by atoms with Gasteiger partial charge in [-0.05, 0) is 12.5 Å². The number of rotatable bonds is 5.